The van der Waals surface area contributed by atoms with Crippen LogP contribution in [-0.2, 0) is 9.53 Å². The van der Waals surface area contributed by atoms with Gasteiger partial charge < -0.3 is 9.84 Å². The largest absolute Gasteiger partial charge is 0.502 e. The molecular formula is C9H8Cl2N2O3. The second-order valence-electron chi connectivity index (χ2n) is 2.65. The molecule has 0 spiro atoms. The Kier molecular flexibility index (Phi) is 4.52. The van der Waals surface area contributed by atoms with Crippen LogP contribution in [0.1, 0.15) is 12.6 Å². The van der Waals surface area contributed by atoms with Gasteiger partial charge in [-0.2, -0.15) is 0 Å². The van der Waals surface area contributed by atoms with Crippen molar-refractivity contribution in [2.75, 3.05) is 6.61 Å². The number of hydrogen-bond acceptors (Lipinski definition) is 5. The number of rotatable bonds is 3. The lowest BCUT2D eigenvalue weighted by atomic mass is 10.3. The molecule has 0 bridgehead atoms. The molecule has 0 unspecified atom stereocenters. The van der Waals surface area contributed by atoms with Crippen LogP contribution in [0, 0.1) is 0 Å². The van der Waals surface area contributed by atoms with Gasteiger partial charge in [0.05, 0.1) is 11.6 Å². The van der Waals surface area contributed by atoms with Crippen LogP contribution in [0.5, 0.6) is 0 Å². The molecule has 1 rings (SSSR count). The fourth-order valence-corrected chi connectivity index (χ4v) is 1.25. The van der Waals surface area contributed by atoms with Crippen molar-refractivity contribution in [3.8, 4) is 0 Å². The summed E-state index contributed by atoms with van der Waals surface area (Å²) in [5, 5.41) is 16.7. The number of carbonyl (C=O) groups excluding carboxylic acids is 1. The fourth-order valence-electron chi connectivity index (χ4n) is 0.848. The Labute approximate surface area is 102 Å². The highest BCUT2D eigenvalue weighted by Gasteiger charge is 2.10. The van der Waals surface area contributed by atoms with E-state index in [0.29, 0.717) is 0 Å². The second kappa shape index (κ2) is 5.67. The summed E-state index contributed by atoms with van der Waals surface area (Å²) in [6.07, 6.45) is 1.06. The number of halogens is 2. The number of nitrogens with zero attached hydrogens (tertiary/aromatic N) is 2. The molecule has 1 N–H and O–H groups in total. The highest BCUT2D eigenvalue weighted by Crippen LogP contribution is 2.18. The minimum Gasteiger partial charge on any atom is -0.502 e. The highest BCUT2D eigenvalue weighted by atomic mass is 35.5. The van der Waals surface area contributed by atoms with E-state index in [1.807, 2.05) is 0 Å². The third-order valence-corrected chi connectivity index (χ3v) is 1.99. The van der Waals surface area contributed by atoms with E-state index in [9.17, 15) is 9.90 Å². The second-order valence-corrected chi connectivity index (χ2v) is 3.44. The molecule has 7 heteroatoms. The van der Waals surface area contributed by atoms with Gasteiger partial charge in [0.2, 0.25) is 5.76 Å². The van der Waals surface area contributed by atoms with Crippen LogP contribution < -0.4 is 0 Å². The Hall–Kier alpha value is -1.33. The lowest BCUT2D eigenvalue weighted by Crippen LogP contribution is -2.07. The molecule has 1 heterocycles. The molecule has 86 valence electrons. The predicted molar refractivity (Wildman–Crippen MR) is 59.3 cm³/mol. The average molecular weight is 263 g/mol. The minimum atomic E-state index is -0.852. The lowest BCUT2D eigenvalue weighted by Gasteiger charge is -2.00. The van der Waals surface area contributed by atoms with E-state index in [0.717, 1.165) is 6.08 Å². The molecule has 0 aliphatic carbocycles. The summed E-state index contributed by atoms with van der Waals surface area (Å²) in [6, 6.07) is 1.35. The van der Waals surface area contributed by atoms with Gasteiger partial charge in [-0.1, -0.05) is 23.2 Å². The first-order valence-electron chi connectivity index (χ1n) is 4.31. The number of carbonyl (C=O) groups is 1. The van der Waals surface area contributed by atoms with Gasteiger partial charge in [-0.25, -0.2) is 4.79 Å². The van der Waals surface area contributed by atoms with Crippen molar-refractivity contribution in [3.63, 3.8) is 0 Å². The maximum absolute atomic E-state index is 11.1. The smallest absolute Gasteiger partial charge is 0.373 e. The van der Waals surface area contributed by atoms with Crippen molar-refractivity contribution in [3.05, 3.63) is 27.7 Å². The third kappa shape index (κ3) is 3.36. The van der Waals surface area contributed by atoms with E-state index in [1.165, 1.54) is 6.07 Å². The standard InChI is InChI=1S/C9H8Cl2N2O3/c1-2-16-9(15)7(14)4-6-5(10)3-8(11)13-12-6/h3-4,14H,2H2,1H3. The van der Waals surface area contributed by atoms with Crippen LogP contribution in [-0.4, -0.2) is 27.9 Å². The topological polar surface area (TPSA) is 72.3 Å². The van der Waals surface area contributed by atoms with Crippen LogP contribution in [0.2, 0.25) is 10.2 Å². The number of hydrogen-bond donors (Lipinski definition) is 1. The predicted octanol–water partition coefficient (Wildman–Crippen LogP) is 2.25. The van der Waals surface area contributed by atoms with Crippen LogP contribution in [0.25, 0.3) is 6.08 Å². The quantitative estimate of drug-likeness (QED) is 0.514. The molecule has 0 aromatic carbocycles. The first-order chi connectivity index (χ1) is 7.54. The Balaban J connectivity index is 2.94. The van der Waals surface area contributed by atoms with Crippen LogP contribution in [0.3, 0.4) is 0 Å². The minimum absolute atomic E-state index is 0.123. The highest BCUT2D eigenvalue weighted by molar-refractivity contribution is 6.34. The van der Waals surface area contributed by atoms with E-state index in [1.54, 1.807) is 6.92 Å². The van der Waals surface area contributed by atoms with E-state index in [4.69, 9.17) is 23.2 Å². The van der Waals surface area contributed by atoms with Gasteiger partial charge in [0.25, 0.3) is 0 Å². The molecule has 1 aromatic heterocycles. The summed E-state index contributed by atoms with van der Waals surface area (Å²) in [6.45, 7) is 1.79. The molecule has 1 aromatic rings. The number of ether oxygens (including phenoxy) is 1. The zero-order valence-corrected chi connectivity index (χ0v) is 9.79. The molecule has 0 saturated carbocycles. The Morgan fingerprint density at radius 1 is 1.56 bits per heavy atom. The summed E-state index contributed by atoms with van der Waals surface area (Å²) in [5.74, 6) is -1.45. The molecule has 5 nitrogen and oxygen atoms in total. The first-order valence-corrected chi connectivity index (χ1v) is 5.06. The molecule has 0 aliphatic rings. The Bertz CT molecular complexity index is 435. The summed E-state index contributed by atoms with van der Waals surface area (Å²) < 4.78 is 4.56. The monoisotopic (exact) mass is 262 g/mol. The molecule has 0 atom stereocenters. The molecule has 16 heavy (non-hydrogen) atoms. The SMILES string of the molecule is CCOC(=O)C(O)=Cc1nnc(Cl)cc1Cl. The third-order valence-electron chi connectivity index (χ3n) is 1.50. The zero-order valence-electron chi connectivity index (χ0n) is 8.28. The van der Waals surface area contributed by atoms with Crippen molar-refractivity contribution in [1.82, 2.24) is 10.2 Å². The number of aromatic nitrogens is 2. The van der Waals surface area contributed by atoms with Crippen LogP contribution in [0.4, 0.5) is 0 Å². The normalized spacial score (nSPS) is 11.3. The number of aliphatic hydroxyl groups is 1. The van der Waals surface area contributed by atoms with Gasteiger partial charge in [-0.05, 0) is 13.0 Å². The number of aliphatic hydroxyl groups excluding tert-OH is 1. The summed E-state index contributed by atoms with van der Waals surface area (Å²) in [7, 11) is 0. The van der Waals surface area contributed by atoms with Crippen molar-refractivity contribution in [2.24, 2.45) is 0 Å². The van der Waals surface area contributed by atoms with Gasteiger partial charge in [0, 0.05) is 6.08 Å². The van der Waals surface area contributed by atoms with Gasteiger partial charge >= 0.3 is 5.97 Å². The maximum atomic E-state index is 11.1. The molecule has 0 fully saturated rings. The summed E-state index contributed by atoms with van der Waals surface area (Å²) in [5.41, 5.74) is 0.136. The molecule has 0 saturated heterocycles. The Morgan fingerprint density at radius 2 is 2.25 bits per heavy atom. The van der Waals surface area contributed by atoms with E-state index < -0.39 is 11.7 Å². The van der Waals surface area contributed by atoms with Gasteiger partial charge in [-0.3, -0.25) is 0 Å². The Morgan fingerprint density at radius 3 is 2.81 bits per heavy atom. The maximum Gasteiger partial charge on any atom is 0.373 e. The van der Waals surface area contributed by atoms with Gasteiger partial charge in [-0.15, -0.1) is 10.2 Å². The van der Waals surface area contributed by atoms with E-state index in [2.05, 4.69) is 14.9 Å². The zero-order chi connectivity index (χ0) is 12.1. The van der Waals surface area contributed by atoms with Crippen molar-refractivity contribution >= 4 is 35.2 Å². The summed E-state index contributed by atoms with van der Waals surface area (Å²) >= 11 is 11.3. The molecule has 0 amide bonds. The average Bonchev–Trinajstić information content (AvgIpc) is 2.22. The van der Waals surface area contributed by atoms with Crippen molar-refractivity contribution < 1.29 is 14.6 Å². The van der Waals surface area contributed by atoms with Crippen LogP contribution >= 0.6 is 23.2 Å². The summed E-state index contributed by atoms with van der Waals surface area (Å²) in [4.78, 5) is 11.1. The lowest BCUT2D eigenvalue weighted by molar-refractivity contribution is -0.141. The van der Waals surface area contributed by atoms with Crippen LogP contribution in [0.15, 0.2) is 11.8 Å². The van der Waals surface area contributed by atoms with Crippen molar-refractivity contribution in [1.29, 1.82) is 0 Å². The van der Waals surface area contributed by atoms with Gasteiger partial charge in [0.15, 0.2) is 5.15 Å². The molecular weight excluding hydrogens is 255 g/mol. The van der Waals surface area contributed by atoms with E-state index in [-0.39, 0.29) is 22.5 Å². The molecule has 0 aliphatic heterocycles. The number of esters is 1. The van der Waals surface area contributed by atoms with Crippen molar-refractivity contribution in [2.45, 2.75) is 6.92 Å². The molecule has 0 radical (unpaired) electrons. The first kappa shape index (κ1) is 12.7. The van der Waals surface area contributed by atoms with Gasteiger partial charge in [0.1, 0.15) is 5.69 Å². The fraction of sp³-hybridized carbons (Fsp3) is 0.222. The van der Waals surface area contributed by atoms with E-state index >= 15 is 0 Å².